The Balaban J connectivity index is 1.17. The lowest BCUT2D eigenvalue weighted by atomic mass is 9.93. The maximum Gasteiger partial charge on any atom is 0.225 e. The Morgan fingerprint density at radius 2 is 1.79 bits per heavy atom. The number of hydrogen-bond donors (Lipinski definition) is 0. The number of thioether (sulfide) groups is 1. The van der Waals surface area contributed by atoms with E-state index in [9.17, 15) is 4.79 Å². The molecule has 3 aromatic rings. The van der Waals surface area contributed by atoms with E-state index in [0.29, 0.717) is 11.9 Å². The highest BCUT2D eigenvalue weighted by molar-refractivity contribution is 9.10. The van der Waals surface area contributed by atoms with E-state index in [4.69, 9.17) is 4.98 Å². The summed E-state index contributed by atoms with van der Waals surface area (Å²) in [5.74, 6) is 0.532. The molecule has 0 aliphatic carbocycles. The summed E-state index contributed by atoms with van der Waals surface area (Å²) < 4.78 is 3.45. The first kappa shape index (κ1) is 22.9. The molecular weight excluding hydrogens is 498 g/mol. The zero-order valence-electron chi connectivity index (χ0n) is 19.0. The summed E-state index contributed by atoms with van der Waals surface area (Å²) in [4.78, 5) is 26.8. The van der Waals surface area contributed by atoms with Crippen LogP contribution in [0, 0.1) is 5.92 Å². The summed E-state index contributed by atoms with van der Waals surface area (Å²) in [6.07, 6.45) is 9.69. The molecule has 2 aliphatic rings. The number of pyridine rings is 1. The van der Waals surface area contributed by atoms with E-state index in [0.717, 1.165) is 73.6 Å². The first-order valence-corrected chi connectivity index (χ1v) is 13.8. The second-order valence-corrected chi connectivity index (χ2v) is 10.8. The average Bonchev–Trinajstić information content (AvgIpc) is 3.22. The van der Waals surface area contributed by atoms with Gasteiger partial charge < -0.3 is 9.47 Å². The highest BCUT2D eigenvalue weighted by atomic mass is 79.9. The summed E-state index contributed by atoms with van der Waals surface area (Å²) in [5, 5.41) is 1.06. The molecule has 1 amide bonds. The van der Waals surface area contributed by atoms with E-state index in [1.807, 2.05) is 12.4 Å². The first-order chi connectivity index (χ1) is 16.1. The third kappa shape index (κ3) is 4.98. The van der Waals surface area contributed by atoms with Crippen molar-refractivity contribution in [2.45, 2.75) is 43.4 Å². The zero-order chi connectivity index (χ0) is 22.8. The Morgan fingerprint density at radius 3 is 2.48 bits per heavy atom. The molecule has 4 heterocycles. The molecule has 0 saturated carbocycles. The topological polar surface area (TPSA) is 54.3 Å². The van der Waals surface area contributed by atoms with E-state index in [1.54, 1.807) is 11.8 Å². The molecule has 0 spiro atoms. The third-order valence-corrected chi connectivity index (χ3v) is 8.18. The summed E-state index contributed by atoms with van der Waals surface area (Å²) >= 11 is 5.26. The molecule has 0 atom stereocenters. The number of fused-ring (bicyclic) bond motifs is 1. The van der Waals surface area contributed by atoms with Gasteiger partial charge >= 0.3 is 0 Å². The van der Waals surface area contributed by atoms with Gasteiger partial charge in [-0.2, -0.15) is 0 Å². The molecule has 0 bridgehead atoms. The van der Waals surface area contributed by atoms with E-state index in [1.165, 1.54) is 11.1 Å². The zero-order valence-corrected chi connectivity index (χ0v) is 21.4. The number of halogens is 1. The Morgan fingerprint density at radius 1 is 1.06 bits per heavy atom. The van der Waals surface area contributed by atoms with Crippen molar-refractivity contribution in [2.75, 3.05) is 32.4 Å². The minimum absolute atomic E-state index is 0.170. The van der Waals surface area contributed by atoms with Crippen LogP contribution in [0.5, 0.6) is 0 Å². The normalized spacial score (nSPS) is 18.8. The minimum Gasteiger partial charge on any atom is -0.342 e. The highest BCUT2D eigenvalue weighted by Gasteiger charge is 2.32. The van der Waals surface area contributed by atoms with Crippen LogP contribution in [-0.4, -0.2) is 62.7 Å². The molecule has 2 aliphatic heterocycles. The summed E-state index contributed by atoms with van der Waals surface area (Å²) in [7, 11) is 0. The lowest BCUT2D eigenvalue weighted by molar-refractivity contribution is -0.138. The molecule has 2 saturated heterocycles. The van der Waals surface area contributed by atoms with Crippen LogP contribution in [-0.2, 0) is 11.3 Å². The van der Waals surface area contributed by atoms with Gasteiger partial charge in [0, 0.05) is 48.5 Å². The number of benzene rings is 1. The van der Waals surface area contributed by atoms with Gasteiger partial charge in [0.05, 0.1) is 11.0 Å². The maximum absolute atomic E-state index is 13.3. The predicted octanol–water partition coefficient (Wildman–Crippen LogP) is 4.99. The number of piperidine rings is 2. The molecular formula is C25H30BrN5OS. The number of amides is 1. The number of imidazole rings is 1. The smallest absolute Gasteiger partial charge is 0.225 e. The Kier molecular flexibility index (Phi) is 7.04. The SMILES string of the molecule is CSc1nc2cc(Br)ccc2n1C1CCN(C(=O)C2CCN(Cc3ccncc3)CC2)CC1. The largest absolute Gasteiger partial charge is 0.342 e. The Hall–Kier alpha value is -1.90. The number of carbonyl (C=O) groups excluding carboxylic acids is 1. The van der Waals surface area contributed by atoms with Crippen molar-refractivity contribution in [1.82, 2.24) is 24.3 Å². The molecule has 0 radical (unpaired) electrons. The van der Waals surface area contributed by atoms with Crippen LogP contribution < -0.4 is 0 Å². The van der Waals surface area contributed by atoms with Gasteiger partial charge in [0.2, 0.25) is 5.91 Å². The highest BCUT2D eigenvalue weighted by Crippen LogP contribution is 2.34. The van der Waals surface area contributed by atoms with Crippen LogP contribution in [0.1, 0.15) is 37.3 Å². The van der Waals surface area contributed by atoms with Crippen molar-refractivity contribution < 1.29 is 4.79 Å². The van der Waals surface area contributed by atoms with Crippen molar-refractivity contribution >= 4 is 44.6 Å². The Labute approximate surface area is 207 Å². The minimum atomic E-state index is 0.170. The third-order valence-electron chi connectivity index (χ3n) is 7.04. The molecule has 6 nitrogen and oxygen atoms in total. The molecule has 2 aromatic heterocycles. The van der Waals surface area contributed by atoms with Gasteiger partial charge in [-0.1, -0.05) is 27.7 Å². The molecule has 33 heavy (non-hydrogen) atoms. The van der Waals surface area contributed by atoms with Crippen LogP contribution in [0.15, 0.2) is 52.4 Å². The standard InChI is InChI=1S/C25H30BrN5OS/c1-33-25-28-22-16-20(26)2-3-23(22)31(25)21-8-14-30(15-9-21)24(32)19-6-12-29(13-7-19)17-18-4-10-27-11-5-18/h2-5,10-11,16,19,21H,6-9,12-15,17H2,1H3. The van der Waals surface area contributed by atoms with Gasteiger partial charge in [-0.15, -0.1) is 0 Å². The Bertz CT molecular complexity index is 1100. The number of likely N-dealkylation sites (tertiary alicyclic amines) is 2. The van der Waals surface area contributed by atoms with Crippen LogP contribution in [0.25, 0.3) is 11.0 Å². The van der Waals surface area contributed by atoms with Crippen LogP contribution in [0.2, 0.25) is 0 Å². The molecule has 0 unspecified atom stereocenters. The second kappa shape index (κ2) is 10.2. The monoisotopic (exact) mass is 527 g/mol. The molecule has 0 N–H and O–H groups in total. The molecule has 2 fully saturated rings. The lowest BCUT2D eigenvalue weighted by Gasteiger charge is -2.38. The van der Waals surface area contributed by atoms with Crippen LogP contribution in [0.3, 0.4) is 0 Å². The van der Waals surface area contributed by atoms with Gasteiger partial charge in [-0.3, -0.25) is 14.7 Å². The summed E-state index contributed by atoms with van der Waals surface area (Å²) in [5.41, 5.74) is 3.51. The van der Waals surface area contributed by atoms with Crippen LogP contribution in [0.4, 0.5) is 0 Å². The summed E-state index contributed by atoms with van der Waals surface area (Å²) in [6.45, 7) is 4.60. The number of hydrogen-bond acceptors (Lipinski definition) is 5. The molecule has 8 heteroatoms. The number of aromatic nitrogens is 3. The van der Waals surface area contributed by atoms with Crippen molar-refractivity contribution in [3.63, 3.8) is 0 Å². The lowest BCUT2D eigenvalue weighted by Crippen LogP contribution is -2.45. The quantitative estimate of drug-likeness (QED) is 0.437. The van der Waals surface area contributed by atoms with Gasteiger partial charge in [0.1, 0.15) is 0 Å². The van der Waals surface area contributed by atoms with Gasteiger partial charge in [0.25, 0.3) is 0 Å². The van der Waals surface area contributed by atoms with E-state index < -0.39 is 0 Å². The fourth-order valence-electron chi connectivity index (χ4n) is 5.23. The van der Waals surface area contributed by atoms with Crippen molar-refractivity contribution in [3.05, 3.63) is 52.8 Å². The number of nitrogens with zero attached hydrogens (tertiary/aromatic N) is 5. The van der Waals surface area contributed by atoms with Gasteiger partial charge in [-0.05, 0) is 80.9 Å². The van der Waals surface area contributed by atoms with Crippen LogP contribution >= 0.6 is 27.7 Å². The van der Waals surface area contributed by atoms with Gasteiger partial charge in [0.15, 0.2) is 5.16 Å². The molecule has 174 valence electrons. The predicted molar refractivity (Wildman–Crippen MR) is 136 cm³/mol. The first-order valence-electron chi connectivity index (χ1n) is 11.7. The number of rotatable bonds is 5. The van der Waals surface area contributed by atoms with Crippen molar-refractivity contribution in [2.24, 2.45) is 5.92 Å². The maximum atomic E-state index is 13.3. The molecule has 5 rings (SSSR count). The van der Waals surface area contributed by atoms with Crippen molar-refractivity contribution in [3.8, 4) is 0 Å². The average molecular weight is 529 g/mol. The van der Waals surface area contributed by atoms with Gasteiger partial charge in [-0.25, -0.2) is 4.98 Å². The fraction of sp³-hybridized carbons (Fsp3) is 0.480. The van der Waals surface area contributed by atoms with E-state index in [-0.39, 0.29) is 5.92 Å². The molecule has 1 aromatic carbocycles. The van der Waals surface area contributed by atoms with E-state index in [2.05, 4.69) is 71.9 Å². The number of carbonyl (C=O) groups is 1. The van der Waals surface area contributed by atoms with Crippen molar-refractivity contribution in [1.29, 1.82) is 0 Å². The fourth-order valence-corrected chi connectivity index (χ4v) is 6.22. The van der Waals surface area contributed by atoms with E-state index >= 15 is 0 Å². The summed E-state index contributed by atoms with van der Waals surface area (Å²) in [6, 6.07) is 10.9. The second-order valence-electron chi connectivity index (χ2n) is 9.06.